The van der Waals surface area contributed by atoms with E-state index in [1.54, 1.807) is 0 Å². The van der Waals surface area contributed by atoms with Gasteiger partial charge in [0.15, 0.2) is 0 Å². The minimum atomic E-state index is 0.263. The Kier molecular flexibility index (Phi) is 4.83. The number of carbonyl (C=O) groups excluding carboxylic acids is 1. The van der Waals surface area contributed by atoms with Crippen molar-refractivity contribution in [2.45, 2.75) is 45.4 Å². The molecule has 2 rings (SSSR count). The number of anilines is 2. The number of amides is 1. The number of hydrogen-bond acceptors (Lipinski definition) is 2. The van der Waals surface area contributed by atoms with E-state index < -0.39 is 0 Å². The number of nitrogen functional groups attached to an aromatic ring is 1. The summed E-state index contributed by atoms with van der Waals surface area (Å²) < 4.78 is 0. The standard InChI is InChI=1S/C16H24N2O/c1-2-11-18(15-9-7-14(17)8-10-15)16(19)12-13-5-3-4-6-13/h7-10,13H,2-6,11-12,17H2,1H3. The van der Waals surface area contributed by atoms with Gasteiger partial charge in [0.2, 0.25) is 5.91 Å². The Morgan fingerprint density at radius 1 is 1.26 bits per heavy atom. The fraction of sp³-hybridized carbons (Fsp3) is 0.562. The van der Waals surface area contributed by atoms with E-state index in [9.17, 15) is 4.79 Å². The highest BCUT2D eigenvalue weighted by Crippen LogP contribution is 2.29. The van der Waals surface area contributed by atoms with Gasteiger partial charge in [-0.15, -0.1) is 0 Å². The number of carbonyl (C=O) groups is 1. The molecule has 3 heteroatoms. The fourth-order valence-corrected chi connectivity index (χ4v) is 2.85. The maximum absolute atomic E-state index is 12.5. The monoisotopic (exact) mass is 260 g/mol. The van der Waals surface area contributed by atoms with Crippen LogP contribution in [0.4, 0.5) is 11.4 Å². The van der Waals surface area contributed by atoms with E-state index in [0.29, 0.717) is 12.3 Å². The summed E-state index contributed by atoms with van der Waals surface area (Å²) in [7, 11) is 0. The Bertz CT molecular complexity index is 407. The Morgan fingerprint density at radius 2 is 1.89 bits per heavy atom. The first kappa shape index (κ1) is 13.9. The maximum atomic E-state index is 12.5. The summed E-state index contributed by atoms with van der Waals surface area (Å²) in [5.74, 6) is 0.860. The molecule has 1 aliphatic rings. The van der Waals surface area contributed by atoms with E-state index in [-0.39, 0.29) is 5.91 Å². The zero-order chi connectivity index (χ0) is 13.7. The number of hydrogen-bond donors (Lipinski definition) is 1. The fourth-order valence-electron chi connectivity index (χ4n) is 2.85. The maximum Gasteiger partial charge on any atom is 0.227 e. The van der Waals surface area contributed by atoms with E-state index in [4.69, 9.17) is 5.73 Å². The molecule has 0 atom stereocenters. The van der Waals surface area contributed by atoms with Crippen molar-refractivity contribution in [2.75, 3.05) is 17.2 Å². The normalized spacial score (nSPS) is 15.6. The molecule has 2 N–H and O–H groups in total. The van der Waals surface area contributed by atoms with Crippen LogP contribution in [0.1, 0.15) is 45.4 Å². The van der Waals surface area contributed by atoms with Crippen molar-refractivity contribution in [1.29, 1.82) is 0 Å². The minimum absolute atomic E-state index is 0.263. The van der Waals surface area contributed by atoms with Crippen LogP contribution in [0.2, 0.25) is 0 Å². The quantitative estimate of drug-likeness (QED) is 0.822. The lowest BCUT2D eigenvalue weighted by atomic mass is 10.0. The first-order valence-electron chi connectivity index (χ1n) is 7.36. The van der Waals surface area contributed by atoms with Crippen LogP contribution in [-0.4, -0.2) is 12.5 Å². The van der Waals surface area contributed by atoms with Crippen molar-refractivity contribution in [1.82, 2.24) is 0 Å². The lowest BCUT2D eigenvalue weighted by molar-refractivity contribution is -0.119. The van der Waals surface area contributed by atoms with Gasteiger partial charge in [-0.2, -0.15) is 0 Å². The summed E-state index contributed by atoms with van der Waals surface area (Å²) in [6.07, 6.45) is 6.67. The predicted octanol–water partition coefficient (Wildman–Crippen LogP) is 3.59. The summed E-state index contributed by atoms with van der Waals surface area (Å²) in [6, 6.07) is 7.61. The SMILES string of the molecule is CCCN(C(=O)CC1CCCC1)c1ccc(N)cc1. The number of benzene rings is 1. The molecule has 0 aromatic heterocycles. The van der Waals surface area contributed by atoms with Crippen molar-refractivity contribution in [3.8, 4) is 0 Å². The third kappa shape index (κ3) is 3.72. The molecule has 0 bridgehead atoms. The highest BCUT2D eigenvalue weighted by molar-refractivity contribution is 5.93. The smallest absolute Gasteiger partial charge is 0.227 e. The van der Waals surface area contributed by atoms with Crippen molar-refractivity contribution in [2.24, 2.45) is 5.92 Å². The highest BCUT2D eigenvalue weighted by atomic mass is 16.2. The molecule has 1 aromatic carbocycles. The summed E-state index contributed by atoms with van der Waals surface area (Å²) in [5, 5.41) is 0. The average Bonchev–Trinajstić information content (AvgIpc) is 2.90. The Morgan fingerprint density at radius 3 is 2.47 bits per heavy atom. The molecule has 0 heterocycles. The summed E-state index contributed by atoms with van der Waals surface area (Å²) in [6.45, 7) is 2.89. The predicted molar refractivity (Wildman–Crippen MR) is 80.1 cm³/mol. The summed E-state index contributed by atoms with van der Waals surface area (Å²) in [5.41, 5.74) is 7.42. The molecule has 19 heavy (non-hydrogen) atoms. The first-order valence-corrected chi connectivity index (χ1v) is 7.36. The molecule has 1 aliphatic carbocycles. The van der Waals surface area contributed by atoms with Crippen molar-refractivity contribution >= 4 is 17.3 Å². The van der Waals surface area contributed by atoms with Gasteiger partial charge in [-0.3, -0.25) is 4.79 Å². The topological polar surface area (TPSA) is 46.3 Å². The molecule has 0 saturated heterocycles. The van der Waals surface area contributed by atoms with Gasteiger partial charge in [-0.05, 0) is 49.4 Å². The largest absolute Gasteiger partial charge is 0.399 e. The third-order valence-electron chi connectivity index (χ3n) is 3.89. The lowest BCUT2D eigenvalue weighted by Crippen LogP contribution is -2.32. The van der Waals surface area contributed by atoms with E-state index in [0.717, 1.165) is 24.3 Å². The molecule has 1 amide bonds. The van der Waals surface area contributed by atoms with Crippen LogP contribution in [0.5, 0.6) is 0 Å². The molecule has 1 saturated carbocycles. The molecular weight excluding hydrogens is 236 g/mol. The van der Waals surface area contributed by atoms with Crippen LogP contribution < -0.4 is 10.6 Å². The van der Waals surface area contributed by atoms with Gasteiger partial charge < -0.3 is 10.6 Å². The average molecular weight is 260 g/mol. The third-order valence-corrected chi connectivity index (χ3v) is 3.89. The Labute approximate surface area is 115 Å². The Balaban J connectivity index is 2.05. The van der Waals surface area contributed by atoms with Gasteiger partial charge in [0.05, 0.1) is 0 Å². The zero-order valence-corrected chi connectivity index (χ0v) is 11.8. The molecular formula is C16H24N2O. The summed E-state index contributed by atoms with van der Waals surface area (Å²) >= 11 is 0. The van der Waals surface area contributed by atoms with Crippen LogP contribution in [0.3, 0.4) is 0 Å². The minimum Gasteiger partial charge on any atom is -0.399 e. The van der Waals surface area contributed by atoms with Gasteiger partial charge in [0.25, 0.3) is 0 Å². The second kappa shape index (κ2) is 6.60. The van der Waals surface area contributed by atoms with Gasteiger partial charge in [-0.25, -0.2) is 0 Å². The molecule has 0 radical (unpaired) electrons. The number of rotatable bonds is 5. The number of nitrogens with two attached hydrogens (primary N) is 1. The molecule has 1 fully saturated rings. The second-order valence-electron chi connectivity index (χ2n) is 5.49. The second-order valence-corrected chi connectivity index (χ2v) is 5.49. The van der Waals surface area contributed by atoms with Crippen LogP contribution in [-0.2, 0) is 4.79 Å². The van der Waals surface area contributed by atoms with Gasteiger partial charge in [0, 0.05) is 24.3 Å². The van der Waals surface area contributed by atoms with Crippen molar-refractivity contribution in [3.63, 3.8) is 0 Å². The zero-order valence-electron chi connectivity index (χ0n) is 11.8. The molecule has 0 aliphatic heterocycles. The van der Waals surface area contributed by atoms with Gasteiger partial charge in [-0.1, -0.05) is 19.8 Å². The van der Waals surface area contributed by atoms with Crippen molar-refractivity contribution in [3.05, 3.63) is 24.3 Å². The van der Waals surface area contributed by atoms with E-state index in [2.05, 4.69) is 6.92 Å². The van der Waals surface area contributed by atoms with Gasteiger partial charge >= 0.3 is 0 Å². The molecule has 1 aromatic rings. The van der Waals surface area contributed by atoms with Crippen molar-refractivity contribution < 1.29 is 4.79 Å². The Hall–Kier alpha value is -1.51. The molecule has 3 nitrogen and oxygen atoms in total. The lowest BCUT2D eigenvalue weighted by Gasteiger charge is -2.24. The first-order chi connectivity index (χ1) is 9.20. The van der Waals surface area contributed by atoms with E-state index >= 15 is 0 Å². The molecule has 104 valence electrons. The van der Waals surface area contributed by atoms with Crippen LogP contribution in [0.15, 0.2) is 24.3 Å². The van der Waals surface area contributed by atoms with Crippen LogP contribution >= 0.6 is 0 Å². The van der Waals surface area contributed by atoms with Crippen LogP contribution in [0, 0.1) is 5.92 Å². The van der Waals surface area contributed by atoms with Crippen LogP contribution in [0.25, 0.3) is 0 Å². The highest BCUT2D eigenvalue weighted by Gasteiger charge is 2.22. The van der Waals surface area contributed by atoms with Gasteiger partial charge in [0.1, 0.15) is 0 Å². The number of nitrogens with zero attached hydrogens (tertiary/aromatic N) is 1. The molecule has 0 spiro atoms. The van der Waals surface area contributed by atoms with E-state index in [1.807, 2.05) is 29.2 Å². The van der Waals surface area contributed by atoms with E-state index in [1.165, 1.54) is 25.7 Å². The summed E-state index contributed by atoms with van der Waals surface area (Å²) in [4.78, 5) is 14.4. The molecule has 0 unspecified atom stereocenters.